The fourth-order valence-electron chi connectivity index (χ4n) is 1.50. The number of likely N-dealkylation sites (tertiary alicyclic amines) is 1. The van der Waals surface area contributed by atoms with Crippen LogP contribution in [0.15, 0.2) is 0 Å². The molecule has 0 bridgehead atoms. The van der Waals surface area contributed by atoms with Crippen molar-refractivity contribution in [2.45, 2.75) is 38.8 Å². The van der Waals surface area contributed by atoms with E-state index in [0.717, 1.165) is 0 Å². The van der Waals surface area contributed by atoms with Gasteiger partial charge in [0.1, 0.15) is 0 Å². The second kappa shape index (κ2) is 3.94. The van der Waals surface area contributed by atoms with Gasteiger partial charge in [-0.15, -0.1) is 0 Å². The Kier molecular flexibility index (Phi) is 3.16. The number of nitrogens with two attached hydrogens (primary N) is 1. The molecule has 1 saturated heterocycles. The van der Waals surface area contributed by atoms with Gasteiger partial charge in [0, 0.05) is 0 Å². The molecule has 0 aliphatic carbocycles. The molecule has 0 spiro atoms. The summed E-state index contributed by atoms with van der Waals surface area (Å²) in [5.41, 5.74) is 5.76. The van der Waals surface area contributed by atoms with E-state index in [9.17, 15) is 0 Å². The van der Waals surface area contributed by atoms with Gasteiger partial charge in [0.2, 0.25) is 0 Å². The van der Waals surface area contributed by atoms with Gasteiger partial charge in [-0.3, -0.25) is 4.90 Å². The highest BCUT2D eigenvalue weighted by Crippen LogP contribution is 2.09. The molecule has 0 radical (unpaired) electrons. The fourth-order valence-corrected chi connectivity index (χ4v) is 1.50. The zero-order chi connectivity index (χ0) is 7.40. The van der Waals surface area contributed by atoms with E-state index in [2.05, 4.69) is 11.8 Å². The van der Waals surface area contributed by atoms with Crippen LogP contribution in [0.4, 0.5) is 0 Å². The molecule has 0 aromatic rings. The molecule has 0 aromatic heterocycles. The molecule has 1 heterocycles. The summed E-state index contributed by atoms with van der Waals surface area (Å²) in [6.45, 7) is 4.49. The first-order valence-electron chi connectivity index (χ1n) is 4.30. The molecule has 1 fully saturated rings. The van der Waals surface area contributed by atoms with Crippen LogP contribution in [0.1, 0.15) is 32.6 Å². The molecule has 2 heteroatoms. The zero-order valence-electron chi connectivity index (χ0n) is 6.84. The van der Waals surface area contributed by atoms with Crippen molar-refractivity contribution in [3.05, 3.63) is 0 Å². The minimum Gasteiger partial charge on any atom is -0.316 e. The van der Waals surface area contributed by atoms with Crippen molar-refractivity contribution in [1.82, 2.24) is 4.90 Å². The SMILES string of the molecule is CC(N)N1CCCCCC1. The molecule has 2 nitrogen and oxygen atoms in total. The van der Waals surface area contributed by atoms with Crippen LogP contribution >= 0.6 is 0 Å². The molecule has 0 aromatic carbocycles. The minimum absolute atomic E-state index is 0.262. The lowest BCUT2D eigenvalue weighted by molar-refractivity contribution is 0.222. The van der Waals surface area contributed by atoms with Gasteiger partial charge in [-0.25, -0.2) is 0 Å². The lowest BCUT2D eigenvalue weighted by Crippen LogP contribution is -2.39. The lowest BCUT2D eigenvalue weighted by atomic mass is 10.2. The summed E-state index contributed by atoms with van der Waals surface area (Å²) in [7, 11) is 0. The maximum Gasteiger partial charge on any atom is 0.0542 e. The van der Waals surface area contributed by atoms with Gasteiger partial charge in [0.25, 0.3) is 0 Å². The molecule has 1 aliphatic heterocycles. The van der Waals surface area contributed by atoms with Crippen LogP contribution in [0.25, 0.3) is 0 Å². The second-order valence-electron chi connectivity index (χ2n) is 3.19. The van der Waals surface area contributed by atoms with Crippen LogP contribution < -0.4 is 5.73 Å². The average molecular weight is 142 g/mol. The molecule has 0 saturated carbocycles. The normalized spacial score (nSPS) is 25.8. The minimum atomic E-state index is 0.262. The van der Waals surface area contributed by atoms with Gasteiger partial charge < -0.3 is 5.73 Å². The van der Waals surface area contributed by atoms with Crippen LogP contribution in [0.3, 0.4) is 0 Å². The van der Waals surface area contributed by atoms with Crippen LogP contribution in [0.5, 0.6) is 0 Å². The van der Waals surface area contributed by atoms with Gasteiger partial charge in [0.15, 0.2) is 0 Å². The first-order valence-corrected chi connectivity index (χ1v) is 4.30. The Hall–Kier alpha value is -0.0800. The van der Waals surface area contributed by atoms with Crippen molar-refractivity contribution in [3.63, 3.8) is 0 Å². The maximum absolute atomic E-state index is 5.76. The number of hydrogen-bond donors (Lipinski definition) is 1. The zero-order valence-corrected chi connectivity index (χ0v) is 6.84. The van der Waals surface area contributed by atoms with Gasteiger partial charge >= 0.3 is 0 Å². The first-order chi connectivity index (χ1) is 4.80. The third-order valence-corrected chi connectivity index (χ3v) is 2.22. The van der Waals surface area contributed by atoms with Crippen molar-refractivity contribution >= 4 is 0 Å². The van der Waals surface area contributed by atoms with Crippen molar-refractivity contribution < 1.29 is 0 Å². The van der Waals surface area contributed by atoms with Crippen molar-refractivity contribution in [1.29, 1.82) is 0 Å². The van der Waals surface area contributed by atoms with Crippen molar-refractivity contribution in [2.24, 2.45) is 5.73 Å². The van der Waals surface area contributed by atoms with Crippen molar-refractivity contribution in [3.8, 4) is 0 Å². The molecule has 0 amide bonds. The predicted molar refractivity (Wildman–Crippen MR) is 43.7 cm³/mol. The van der Waals surface area contributed by atoms with E-state index in [-0.39, 0.29) is 6.17 Å². The second-order valence-corrected chi connectivity index (χ2v) is 3.19. The average Bonchev–Trinajstić information content (AvgIpc) is 2.12. The smallest absolute Gasteiger partial charge is 0.0542 e. The Balaban J connectivity index is 2.28. The molecule has 10 heavy (non-hydrogen) atoms. The Labute approximate surface area is 63.4 Å². The standard InChI is InChI=1S/C8H18N2/c1-8(9)10-6-4-2-3-5-7-10/h8H,2-7,9H2,1H3. The monoisotopic (exact) mass is 142 g/mol. The Morgan fingerprint density at radius 2 is 1.60 bits per heavy atom. The third kappa shape index (κ3) is 2.27. The number of nitrogens with zero attached hydrogens (tertiary/aromatic N) is 1. The Bertz CT molecular complexity index is 83.3. The highest BCUT2D eigenvalue weighted by atomic mass is 15.2. The van der Waals surface area contributed by atoms with Crippen molar-refractivity contribution in [2.75, 3.05) is 13.1 Å². The molecule has 60 valence electrons. The Morgan fingerprint density at radius 1 is 1.10 bits per heavy atom. The summed E-state index contributed by atoms with van der Waals surface area (Å²) >= 11 is 0. The van der Waals surface area contributed by atoms with Gasteiger partial charge in [-0.1, -0.05) is 12.8 Å². The van der Waals surface area contributed by atoms with Gasteiger partial charge in [-0.05, 0) is 32.9 Å². The highest BCUT2D eigenvalue weighted by Gasteiger charge is 2.10. The quantitative estimate of drug-likeness (QED) is 0.595. The summed E-state index contributed by atoms with van der Waals surface area (Å²) in [5, 5.41) is 0. The van der Waals surface area contributed by atoms with E-state index in [1.54, 1.807) is 0 Å². The van der Waals surface area contributed by atoms with E-state index in [1.165, 1.54) is 38.8 Å². The van der Waals surface area contributed by atoms with E-state index in [4.69, 9.17) is 5.73 Å². The molecule has 1 aliphatic rings. The van der Waals surface area contributed by atoms with E-state index < -0.39 is 0 Å². The van der Waals surface area contributed by atoms with Crippen LogP contribution in [-0.2, 0) is 0 Å². The van der Waals surface area contributed by atoms with E-state index in [1.807, 2.05) is 0 Å². The highest BCUT2D eigenvalue weighted by molar-refractivity contribution is 4.65. The van der Waals surface area contributed by atoms with E-state index >= 15 is 0 Å². The molecule has 1 atom stereocenters. The first kappa shape index (κ1) is 8.02. The van der Waals surface area contributed by atoms with Gasteiger partial charge in [-0.2, -0.15) is 0 Å². The van der Waals surface area contributed by atoms with Gasteiger partial charge in [0.05, 0.1) is 6.17 Å². The molecule has 1 unspecified atom stereocenters. The molecule has 1 rings (SSSR count). The summed E-state index contributed by atoms with van der Waals surface area (Å²) < 4.78 is 0. The third-order valence-electron chi connectivity index (χ3n) is 2.22. The largest absolute Gasteiger partial charge is 0.316 e. The van der Waals surface area contributed by atoms with Crippen LogP contribution in [0, 0.1) is 0 Å². The maximum atomic E-state index is 5.76. The topological polar surface area (TPSA) is 29.3 Å². The fraction of sp³-hybridized carbons (Fsp3) is 1.00. The lowest BCUT2D eigenvalue weighted by Gasteiger charge is -2.23. The molecule has 2 N–H and O–H groups in total. The van der Waals surface area contributed by atoms with E-state index in [0.29, 0.717) is 0 Å². The summed E-state index contributed by atoms with van der Waals surface area (Å²) in [4.78, 5) is 2.37. The number of rotatable bonds is 1. The summed E-state index contributed by atoms with van der Waals surface area (Å²) in [6, 6.07) is 0. The molecular formula is C8H18N2. The predicted octanol–water partition coefficient (Wildman–Crippen LogP) is 1.17. The molecular weight excluding hydrogens is 124 g/mol. The summed E-state index contributed by atoms with van der Waals surface area (Å²) in [5.74, 6) is 0. The Morgan fingerprint density at radius 3 is 2.00 bits per heavy atom. The summed E-state index contributed by atoms with van der Waals surface area (Å²) in [6.07, 6.45) is 5.72. The van der Waals surface area contributed by atoms with Crippen LogP contribution in [0.2, 0.25) is 0 Å². The number of hydrogen-bond acceptors (Lipinski definition) is 2. The van der Waals surface area contributed by atoms with Crippen LogP contribution in [-0.4, -0.2) is 24.2 Å².